The lowest BCUT2D eigenvalue weighted by Gasteiger charge is -2.36. The van der Waals surface area contributed by atoms with Crippen LogP contribution in [0.4, 0.5) is 22.1 Å². The molecule has 1 saturated carbocycles. The van der Waals surface area contributed by atoms with Crippen molar-refractivity contribution in [3.63, 3.8) is 0 Å². The molecule has 0 spiro atoms. The highest BCUT2D eigenvalue weighted by atomic mass is 16.6. The van der Waals surface area contributed by atoms with Gasteiger partial charge in [-0.25, -0.2) is 9.78 Å². The van der Waals surface area contributed by atoms with Crippen molar-refractivity contribution in [1.29, 1.82) is 0 Å². The van der Waals surface area contributed by atoms with Crippen molar-refractivity contribution >= 4 is 35.2 Å². The summed E-state index contributed by atoms with van der Waals surface area (Å²) < 4.78 is 7.09. The summed E-state index contributed by atoms with van der Waals surface area (Å²) in [7, 11) is 0. The van der Waals surface area contributed by atoms with Crippen LogP contribution in [0.1, 0.15) is 89.2 Å². The summed E-state index contributed by atoms with van der Waals surface area (Å²) in [6, 6.07) is 5.49. The Kier molecular flexibility index (Phi) is 10.5. The number of nitrogens with two attached hydrogens (primary N) is 1. The van der Waals surface area contributed by atoms with Crippen molar-refractivity contribution in [1.82, 2.24) is 14.5 Å². The van der Waals surface area contributed by atoms with Crippen LogP contribution in [0, 0.1) is 6.92 Å². The number of amides is 1. The fourth-order valence-electron chi connectivity index (χ4n) is 5.16. The van der Waals surface area contributed by atoms with E-state index in [9.17, 15) is 14.4 Å². The average molecular weight is 568 g/mol. The van der Waals surface area contributed by atoms with Crippen LogP contribution in [0.25, 0.3) is 0 Å². The van der Waals surface area contributed by atoms with E-state index < -0.39 is 5.60 Å². The van der Waals surface area contributed by atoms with Crippen LogP contribution in [-0.4, -0.2) is 64.1 Å². The minimum absolute atomic E-state index is 0.00376. The lowest BCUT2D eigenvalue weighted by molar-refractivity contribution is 0.0240. The molecular weight excluding hydrogens is 522 g/mol. The third kappa shape index (κ3) is 8.08. The van der Waals surface area contributed by atoms with Gasteiger partial charge in [-0.15, -0.1) is 0 Å². The molecule has 4 rings (SSSR count). The lowest BCUT2D eigenvalue weighted by Crippen LogP contribution is -2.50. The Labute approximate surface area is 242 Å². The average Bonchev–Trinajstić information content (AvgIpc) is 3.43. The van der Waals surface area contributed by atoms with E-state index in [1.807, 2.05) is 46.8 Å². The first-order chi connectivity index (χ1) is 19.4. The number of piperazine rings is 1. The molecule has 11 heteroatoms. The topological polar surface area (TPSA) is 135 Å². The number of guanidine groups is 1. The van der Waals surface area contributed by atoms with Gasteiger partial charge < -0.3 is 25.6 Å². The highest BCUT2D eigenvalue weighted by Crippen LogP contribution is 2.32. The Balaban J connectivity index is 0.00000226. The van der Waals surface area contributed by atoms with E-state index in [1.54, 1.807) is 28.7 Å². The second-order valence-electron chi connectivity index (χ2n) is 11.2. The Morgan fingerprint density at radius 3 is 2.27 bits per heavy atom. The fourth-order valence-corrected chi connectivity index (χ4v) is 5.16. The van der Waals surface area contributed by atoms with E-state index in [2.05, 4.69) is 20.2 Å². The molecule has 1 saturated heterocycles. The van der Waals surface area contributed by atoms with Crippen molar-refractivity contribution in [2.45, 2.75) is 85.8 Å². The van der Waals surface area contributed by atoms with E-state index in [0.29, 0.717) is 43.4 Å². The third-order valence-electron chi connectivity index (χ3n) is 7.00. The molecule has 0 atom stereocenters. The van der Waals surface area contributed by atoms with Crippen molar-refractivity contribution < 1.29 is 14.3 Å². The summed E-state index contributed by atoms with van der Waals surface area (Å²) in [5.74, 6) is 0.793. The number of hydrogen-bond acceptors (Lipinski definition) is 7. The predicted molar refractivity (Wildman–Crippen MR) is 163 cm³/mol. The van der Waals surface area contributed by atoms with Gasteiger partial charge in [-0.05, 0) is 71.2 Å². The van der Waals surface area contributed by atoms with Gasteiger partial charge in [0.25, 0.3) is 5.56 Å². The Bertz CT molecular complexity index is 1300. The van der Waals surface area contributed by atoms with Gasteiger partial charge in [0, 0.05) is 32.2 Å². The van der Waals surface area contributed by atoms with Gasteiger partial charge in [-0.1, -0.05) is 26.7 Å². The summed E-state index contributed by atoms with van der Waals surface area (Å²) >= 11 is 0. The second-order valence-corrected chi connectivity index (χ2v) is 11.2. The number of pyridine rings is 2. The number of rotatable bonds is 5. The molecule has 0 bridgehead atoms. The molecule has 3 N–H and O–H groups in total. The molecule has 41 heavy (non-hydrogen) atoms. The largest absolute Gasteiger partial charge is 0.444 e. The first-order valence-corrected chi connectivity index (χ1v) is 14.5. The van der Waals surface area contributed by atoms with Crippen LogP contribution in [0.15, 0.2) is 34.2 Å². The number of ether oxygens (including phenoxy) is 1. The summed E-state index contributed by atoms with van der Waals surface area (Å²) in [6.45, 7) is 15.2. The Morgan fingerprint density at radius 2 is 1.73 bits per heavy atom. The molecule has 0 radical (unpaired) electrons. The van der Waals surface area contributed by atoms with E-state index in [4.69, 9.17) is 10.5 Å². The molecule has 11 nitrogen and oxygen atoms in total. The summed E-state index contributed by atoms with van der Waals surface area (Å²) in [5, 5.41) is 3.00. The molecular formula is C30H45N7O4. The Hall–Kier alpha value is -3.89. The number of aryl methyl sites for hydroxylation is 1. The van der Waals surface area contributed by atoms with Crippen molar-refractivity contribution in [3.05, 3.63) is 45.9 Å². The normalized spacial score (nSPS) is 16.2. The zero-order valence-electron chi connectivity index (χ0n) is 25.5. The number of carbonyl (C=O) groups excluding carboxylic acids is 2. The van der Waals surface area contributed by atoms with Gasteiger partial charge in [0.2, 0.25) is 5.96 Å². The quantitative estimate of drug-likeness (QED) is 0.292. The van der Waals surface area contributed by atoms with Crippen LogP contribution in [0.5, 0.6) is 0 Å². The molecule has 3 heterocycles. The molecule has 1 aliphatic carbocycles. The number of nitrogens with zero attached hydrogens (tertiary/aromatic N) is 5. The molecule has 1 amide bonds. The highest BCUT2D eigenvalue weighted by molar-refractivity contribution is 5.96. The van der Waals surface area contributed by atoms with Gasteiger partial charge in [0.1, 0.15) is 17.2 Å². The second kappa shape index (κ2) is 13.6. The predicted octanol–water partition coefficient (Wildman–Crippen LogP) is 5.01. The number of ketones is 1. The van der Waals surface area contributed by atoms with Gasteiger partial charge in [-0.2, -0.15) is 4.99 Å². The standard InChI is InChI=1S/C28H39N7O4.C2H6/c1-18-16-23(35(20-8-6-7-9-20)25(37)24(18)19(2)36)32-26(29)31-22-11-10-21(17-30-22)33-12-14-34(15-13-33)27(38)39-28(3,4)5;1-2/h10-11,16-17,20H,6-9,12-15H2,1-5H3,(H3,29,30,31,32);1-2H3. The molecule has 2 aliphatic rings. The maximum atomic E-state index is 13.3. The van der Waals surface area contributed by atoms with Gasteiger partial charge in [0.05, 0.1) is 17.4 Å². The molecule has 2 aromatic heterocycles. The summed E-state index contributed by atoms with van der Waals surface area (Å²) in [4.78, 5) is 50.6. The summed E-state index contributed by atoms with van der Waals surface area (Å²) in [6.07, 6.45) is 5.25. The molecule has 2 aromatic rings. The monoisotopic (exact) mass is 567 g/mol. The number of aromatic nitrogens is 2. The van der Waals surface area contributed by atoms with Crippen LogP contribution in [0.3, 0.4) is 0 Å². The van der Waals surface area contributed by atoms with Gasteiger partial charge in [-0.3, -0.25) is 14.2 Å². The lowest BCUT2D eigenvalue weighted by atomic mass is 10.1. The molecule has 0 unspecified atom stereocenters. The maximum absolute atomic E-state index is 13.3. The zero-order valence-corrected chi connectivity index (χ0v) is 25.5. The number of nitrogens with one attached hydrogen (secondary N) is 1. The van der Waals surface area contributed by atoms with Crippen molar-refractivity contribution in [3.8, 4) is 0 Å². The van der Waals surface area contributed by atoms with Crippen LogP contribution in [-0.2, 0) is 4.74 Å². The first kappa shape index (κ1) is 31.6. The van der Waals surface area contributed by atoms with E-state index in [-0.39, 0.29) is 35.0 Å². The molecule has 2 fully saturated rings. The Morgan fingerprint density at radius 1 is 1.10 bits per heavy atom. The number of hydrogen-bond donors (Lipinski definition) is 2. The van der Waals surface area contributed by atoms with E-state index >= 15 is 0 Å². The first-order valence-electron chi connectivity index (χ1n) is 14.5. The third-order valence-corrected chi connectivity index (χ3v) is 7.00. The smallest absolute Gasteiger partial charge is 0.410 e. The SMILES string of the molecule is CC.CC(=O)c1c(C)cc(/N=C(\N)Nc2ccc(N3CCN(C(=O)OC(C)(C)C)CC3)cn2)n(C2CCCC2)c1=O. The molecule has 1 aliphatic heterocycles. The number of aliphatic imine (C=N–C) groups is 1. The van der Waals surface area contributed by atoms with Gasteiger partial charge in [0.15, 0.2) is 5.78 Å². The van der Waals surface area contributed by atoms with Crippen LogP contribution < -0.4 is 21.5 Å². The van der Waals surface area contributed by atoms with Crippen molar-refractivity contribution in [2.24, 2.45) is 10.7 Å². The molecule has 224 valence electrons. The maximum Gasteiger partial charge on any atom is 0.410 e. The minimum Gasteiger partial charge on any atom is -0.444 e. The minimum atomic E-state index is -0.517. The number of anilines is 2. The number of Topliss-reactive ketones (excluding diaryl/α,β-unsaturated/α-hetero) is 1. The van der Waals surface area contributed by atoms with Gasteiger partial charge >= 0.3 is 6.09 Å². The zero-order chi connectivity index (χ0) is 30.3. The highest BCUT2D eigenvalue weighted by Gasteiger charge is 2.27. The molecule has 0 aromatic carbocycles. The number of carbonyl (C=O) groups is 2. The summed E-state index contributed by atoms with van der Waals surface area (Å²) in [5.41, 5.74) is 7.13. The van der Waals surface area contributed by atoms with Crippen LogP contribution >= 0.6 is 0 Å². The fraction of sp³-hybridized carbons (Fsp3) is 0.567. The van der Waals surface area contributed by atoms with E-state index in [1.165, 1.54) is 6.92 Å². The van der Waals surface area contributed by atoms with Crippen LogP contribution in [0.2, 0.25) is 0 Å². The van der Waals surface area contributed by atoms with Crippen molar-refractivity contribution in [2.75, 3.05) is 36.4 Å². The van der Waals surface area contributed by atoms with E-state index in [0.717, 1.165) is 31.4 Å².